The molecule has 5 nitrogen and oxygen atoms in total. The molecule has 0 spiro atoms. The fraction of sp³-hybridized carbons (Fsp3) is 0.222. The summed E-state index contributed by atoms with van der Waals surface area (Å²) in [5.74, 6) is -2.66. The van der Waals surface area contributed by atoms with E-state index in [1.165, 1.54) is 23.5 Å². The summed E-state index contributed by atoms with van der Waals surface area (Å²) in [7, 11) is 1.10. The fourth-order valence-electron chi connectivity index (χ4n) is 2.66. The first-order chi connectivity index (χ1) is 14.4. The number of anilines is 1. The van der Waals surface area contributed by atoms with Crippen molar-refractivity contribution in [3.63, 3.8) is 0 Å². The van der Waals surface area contributed by atoms with Gasteiger partial charge in [0.25, 0.3) is 5.91 Å². The molecule has 3 aromatic rings. The molecule has 0 atom stereocenters. The highest BCUT2D eigenvalue weighted by Crippen LogP contribution is 2.45. The molecule has 0 radical (unpaired) electrons. The van der Waals surface area contributed by atoms with E-state index in [0.29, 0.717) is 11.3 Å². The molecule has 0 fully saturated rings. The van der Waals surface area contributed by atoms with E-state index in [-0.39, 0.29) is 16.0 Å². The molecular weight excluding hydrogens is 455 g/mol. The highest BCUT2D eigenvalue weighted by Gasteiger charge is 2.73. The molecule has 2 aromatic carbocycles. The van der Waals surface area contributed by atoms with Gasteiger partial charge in [0, 0.05) is 0 Å². The van der Waals surface area contributed by atoms with Crippen LogP contribution in [0.3, 0.4) is 0 Å². The van der Waals surface area contributed by atoms with E-state index in [1.807, 2.05) is 0 Å². The minimum absolute atomic E-state index is 0.0109. The lowest BCUT2D eigenvalue weighted by Gasteiger charge is -2.38. The average molecular weight is 467 g/mol. The Morgan fingerprint density at radius 1 is 1.03 bits per heavy atom. The molecule has 0 unspecified atom stereocenters. The number of alkyl halides is 6. The zero-order chi connectivity index (χ0) is 23.0. The third kappa shape index (κ3) is 4.22. The molecule has 1 heterocycles. The van der Waals surface area contributed by atoms with Crippen LogP contribution in [0.1, 0.15) is 10.4 Å². The zero-order valence-corrected chi connectivity index (χ0v) is 16.2. The SMILES string of the molecule is COc1ccccc1C(=O)NC(Nc1nc2ccc(F)cc2s1)(C(F)(F)F)C(F)(F)F. The van der Waals surface area contributed by atoms with Crippen LogP contribution in [0.25, 0.3) is 10.2 Å². The molecule has 0 aliphatic carbocycles. The van der Waals surface area contributed by atoms with E-state index in [2.05, 4.69) is 4.98 Å². The Kier molecular flexibility index (Phi) is 5.74. The number of nitrogens with one attached hydrogen (secondary N) is 2. The molecule has 2 N–H and O–H groups in total. The topological polar surface area (TPSA) is 63.2 Å². The van der Waals surface area contributed by atoms with Crippen LogP contribution >= 0.6 is 11.3 Å². The van der Waals surface area contributed by atoms with E-state index in [4.69, 9.17) is 4.74 Å². The highest BCUT2D eigenvalue weighted by molar-refractivity contribution is 7.22. The number of benzene rings is 2. The monoisotopic (exact) mass is 467 g/mol. The highest BCUT2D eigenvalue weighted by atomic mass is 32.1. The molecule has 0 aliphatic heterocycles. The molecule has 0 saturated heterocycles. The van der Waals surface area contributed by atoms with Gasteiger partial charge in [-0.25, -0.2) is 9.37 Å². The van der Waals surface area contributed by atoms with Gasteiger partial charge in [-0.3, -0.25) is 4.79 Å². The summed E-state index contributed by atoms with van der Waals surface area (Å²) in [4.78, 5) is 16.1. The van der Waals surface area contributed by atoms with Gasteiger partial charge < -0.3 is 15.4 Å². The predicted octanol–water partition coefficient (Wildman–Crippen LogP) is 5.11. The number of fused-ring (bicyclic) bond motifs is 1. The lowest BCUT2D eigenvalue weighted by molar-refractivity contribution is -0.294. The Balaban J connectivity index is 2.09. The van der Waals surface area contributed by atoms with Crippen molar-refractivity contribution in [3.05, 3.63) is 53.8 Å². The van der Waals surface area contributed by atoms with Crippen LogP contribution in [0, 0.1) is 5.82 Å². The zero-order valence-electron chi connectivity index (χ0n) is 15.4. The Morgan fingerprint density at radius 2 is 1.68 bits per heavy atom. The number of hydrogen-bond donors (Lipinski definition) is 2. The van der Waals surface area contributed by atoms with Gasteiger partial charge in [0.05, 0.1) is 22.9 Å². The maximum atomic E-state index is 13.8. The molecule has 31 heavy (non-hydrogen) atoms. The van der Waals surface area contributed by atoms with E-state index in [0.717, 1.165) is 36.7 Å². The van der Waals surface area contributed by atoms with Crippen molar-refractivity contribution < 1.29 is 40.3 Å². The number of ether oxygens (including phenoxy) is 1. The Morgan fingerprint density at radius 3 is 2.29 bits per heavy atom. The number of halogens is 7. The largest absolute Gasteiger partial charge is 0.496 e. The molecular formula is C18H12F7N3O2S. The summed E-state index contributed by atoms with van der Waals surface area (Å²) in [5.41, 5.74) is -5.45. The summed E-state index contributed by atoms with van der Waals surface area (Å²) >= 11 is 0.363. The minimum atomic E-state index is -6.04. The number of thiazole rings is 1. The van der Waals surface area contributed by atoms with Crippen LogP contribution in [0.2, 0.25) is 0 Å². The lowest BCUT2D eigenvalue weighted by atomic mass is 10.1. The van der Waals surface area contributed by atoms with Crippen molar-refractivity contribution in [1.29, 1.82) is 0 Å². The minimum Gasteiger partial charge on any atom is -0.496 e. The summed E-state index contributed by atoms with van der Waals surface area (Å²) in [5, 5.41) is 1.48. The summed E-state index contributed by atoms with van der Waals surface area (Å²) in [6, 6.07) is 7.80. The second-order valence-corrected chi connectivity index (χ2v) is 7.19. The van der Waals surface area contributed by atoms with Crippen molar-refractivity contribution in [1.82, 2.24) is 10.3 Å². The quantitative estimate of drug-likeness (QED) is 0.405. The van der Waals surface area contributed by atoms with Gasteiger partial charge in [-0.15, -0.1) is 0 Å². The number of methoxy groups -OCH3 is 1. The first-order valence-corrected chi connectivity index (χ1v) is 9.13. The number of nitrogens with zero attached hydrogens (tertiary/aromatic N) is 1. The first-order valence-electron chi connectivity index (χ1n) is 8.31. The van der Waals surface area contributed by atoms with Crippen molar-refractivity contribution in [3.8, 4) is 5.75 Å². The van der Waals surface area contributed by atoms with Crippen molar-refractivity contribution in [2.24, 2.45) is 0 Å². The maximum absolute atomic E-state index is 13.8. The van der Waals surface area contributed by atoms with Crippen LogP contribution in [0.15, 0.2) is 42.5 Å². The number of hydrogen-bond acceptors (Lipinski definition) is 5. The third-order valence-corrected chi connectivity index (χ3v) is 5.08. The number of aromatic nitrogens is 1. The number of carbonyl (C=O) groups is 1. The van der Waals surface area contributed by atoms with Crippen molar-refractivity contribution >= 4 is 32.6 Å². The Hall–Kier alpha value is -3.09. The van der Waals surface area contributed by atoms with E-state index in [1.54, 1.807) is 0 Å². The number of para-hydroxylation sites is 1. The van der Waals surface area contributed by atoms with Crippen molar-refractivity contribution in [2.45, 2.75) is 18.0 Å². The van der Waals surface area contributed by atoms with E-state index < -0.39 is 40.4 Å². The fourth-order valence-corrected chi connectivity index (χ4v) is 3.60. The average Bonchev–Trinajstić information content (AvgIpc) is 3.06. The molecule has 0 aliphatic rings. The van der Waals surface area contributed by atoms with Crippen molar-refractivity contribution in [2.75, 3.05) is 12.4 Å². The number of carbonyl (C=O) groups excluding carboxylic acids is 1. The van der Waals surface area contributed by atoms with Gasteiger partial charge in [-0.05, 0) is 30.3 Å². The molecule has 13 heteroatoms. The predicted molar refractivity (Wildman–Crippen MR) is 98.5 cm³/mol. The summed E-state index contributed by atoms with van der Waals surface area (Å²) in [6.45, 7) is 0. The van der Waals surface area contributed by atoms with Gasteiger partial charge in [0.1, 0.15) is 11.6 Å². The third-order valence-electron chi connectivity index (χ3n) is 4.15. The molecule has 3 rings (SSSR count). The van der Waals surface area contributed by atoms with Crippen LogP contribution < -0.4 is 15.4 Å². The van der Waals surface area contributed by atoms with E-state index >= 15 is 0 Å². The van der Waals surface area contributed by atoms with E-state index in [9.17, 15) is 35.5 Å². The summed E-state index contributed by atoms with van der Waals surface area (Å²) < 4.78 is 101. The van der Waals surface area contributed by atoms with Gasteiger partial charge >= 0.3 is 18.0 Å². The van der Waals surface area contributed by atoms with Gasteiger partial charge in [-0.2, -0.15) is 26.3 Å². The molecule has 166 valence electrons. The van der Waals surface area contributed by atoms with Gasteiger partial charge in [0.15, 0.2) is 5.13 Å². The lowest BCUT2D eigenvalue weighted by Crippen LogP contribution is -2.72. The standard InChI is InChI=1S/C18H12F7N3O2S/c1-30-12-5-3-2-4-10(12)14(29)27-16(17(20,21)22,18(23,24)25)28-15-26-11-7-6-9(19)8-13(11)31-15/h2-8H,1H3,(H,26,28)(H,27,29). The smallest absolute Gasteiger partial charge is 0.439 e. The molecule has 1 amide bonds. The second kappa shape index (κ2) is 7.87. The van der Waals surface area contributed by atoms with Crippen LogP contribution in [-0.2, 0) is 0 Å². The van der Waals surface area contributed by atoms with Crippen LogP contribution in [-0.4, -0.2) is 36.0 Å². The maximum Gasteiger partial charge on any atom is 0.439 e. The number of amides is 1. The van der Waals surface area contributed by atoms with Crippen LogP contribution in [0.4, 0.5) is 35.9 Å². The van der Waals surface area contributed by atoms with Crippen LogP contribution in [0.5, 0.6) is 5.75 Å². The second-order valence-electron chi connectivity index (χ2n) is 6.16. The van der Waals surface area contributed by atoms with Gasteiger partial charge in [-0.1, -0.05) is 23.5 Å². The summed E-state index contributed by atoms with van der Waals surface area (Å²) in [6.07, 6.45) is -12.1. The number of rotatable bonds is 5. The van der Waals surface area contributed by atoms with Gasteiger partial charge in [0.2, 0.25) is 0 Å². The Bertz CT molecular complexity index is 1100. The molecule has 1 aromatic heterocycles. The first kappa shape index (κ1) is 22.6. The molecule has 0 bridgehead atoms. The Labute approximate surface area is 173 Å². The normalized spacial score (nSPS) is 12.6. The molecule has 0 saturated carbocycles.